The molecule has 1 amide bonds. The minimum atomic E-state index is -0.322. The van der Waals surface area contributed by atoms with Crippen LogP contribution in [0.25, 0.3) is 0 Å². The molecule has 0 atom stereocenters. The fourth-order valence-electron chi connectivity index (χ4n) is 2.29. The molecular formula is C18H23N3O3S. The lowest BCUT2D eigenvalue weighted by molar-refractivity contribution is -0.118. The van der Waals surface area contributed by atoms with Crippen molar-refractivity contribution in [3.63, 3.8) is 0 Å². The van der Waals surface area contributed by atoms with Crippen LogP contribution in [0, 0.1) is 5.92 Å². The first kappa shape index (κ1) is 19.1. The first-order valence-corrected chi connectivity index (χ1v) is 9.18. The zero-order chi connectivity index (χ0) is 18.2. The van der Waals surface area contributed by atoms with Gasteiger partial charge in [0, 0.05) is 13.1 Å². The van der Waals surface area contributed by atoms with Crippen LogP contribution >= 0.6 is 11.8 Å². The van der Waals surface area contributed by atoms with Gasteiger partial charge in [0.05, 0.1) is 11.8 Å². The summed E-state index contributed by atoms with van der Waals surface area (Å²) >= 11 is 1.15. The normalized spacial score (nSPS) is 10.8. The van der Waals surface area contributed by atoms with E-state index in [0.29, 0.717) is 18.2 Å². The lowest BCUT2D eigenvalue weighted by Gasteiger charge is -2.13. The third-order valence-corrected chi connectivity index (χ3v) is 4.39. The number of benzene rings is 1. The molecule has 0 aliphatic carbocycles. The molecule has 0 spiro atoms. The van der Waals surface area contributed by atoms with Gasteiger partial charge in [-0.15, -0.1) is 0 Å². The minimum Gasteiger partial charge on any atom is -0.493 e. The quantitative estimate of drug-likeness (QED) is 0.555. The van der Waals surface area contributed by atoms with E-state index in [1.54, 1.807) is 0 Å². The Morgan fingerprint density at radius 1 is 1.32 bits per heavy atom. The molecule has 2 N–H and O–H groups in total. The highest BCUT2D eigenvalue weighted by Crippen LogP contribution is 2.17. The van der Waals surface area contributed by atoms with E-state index in [1.165, 1.54) is 4.57 Å². The number of thioether (sulfide) groups is 1. The summed E-state index contributed by atoms with van der Waals surface area (Å²) in [7, 11) is 0. The molecule has 0 saturated carbocycles. The fraction of sp³-hybridized carbons (Fsp3) is 0.389. The first-order chi connectivity index (χ1) is 12.0. The van der Waals surface area contributed by atoms with E-state index in [-0.39, 0.29) is 29.0 Å². The van der Waals surface area contributed by atoms with Gasteiger partial charge in [0.1, 0.15) is 0 Å². The summed E-state index contributed by atoms with van der Waals surface area (Å²) in [5, 5.41) is 12.8. The molecule has 0 aliphatic heterocycles. The summed E-state index contributed by atoms with van der Waals surface area (Å²) in [6.45, 7) is 5.02. The van der Waals surface area contributed by atoms with Crippen molar-refractivity contribution in [2.24, 2.45) is 5.92 Å². The van der Waals surface area contributed by atoms with Gasteiger partial charge in [0.25, 0.3) is 5.56 Å². The van der Waals surface area contributed by atoms with Crippen molar-refractivity contribution < 1.29 is 9.90 Å². The van der Waals surface area contributed by atoms with E-state index in [2.05, 4.69) is 10.3 Å². The second kappa shape index (κ2) is 9.27. The molecular weight excluding hydrogens is 338 g/mol. The molecule has 25 heavy (non-hydrogen) atoms. The van der Waals surface area contributed by atoms with Crippen molar-refractivity contribution in [3.05, 3.63) is 52.3 Å². The van der Waals surface area contributed by atoms with Crippen LogP contribution in [0.1, 0.15) is 19.4 Å². The Kier molecular flexibility index (Phi) is 7.06. The molecule has 0 unspecified atom stereocenters. The third kappa shape index (κ3) is 6.26. The summed E-state index contributed by atoms with van der Waals surface area (Å²) in [5.41, 5.74) is 0.851. The topological polar surface area (TPSA) is 84.2 Å². The van der Waals surface area contributed by atoms with Gasteiger partial charge >= 0.3 is 0 Å². The molecule has 0 radical (unpaired) electrons. The van der Waals surface area contributed by atoms with E-state index in [9.17, 15) is 14.7 Å². The number of carbonyl (C=O) groups is 1. The maximum atomic E-state index is 12.0. The summed E-state index contributed by atoms with van der Waals surface area (Å²) in [5.74, 6) is -0.0577. The van der Waals surface area contributed by atoms with Crippen molar-refractivity contribution in [1.29, 1.82) is 0 Å². The lowest BCUT2D eigenvalue weighted by Crippen LogP contribution is -2.28. The fourth-order valence-corrected chi connectivity index (χ4v) is 3.13. The highest BCUT2D eigenvalue weighted by Gasteiger charge is 2.12. The molecule has 0 bridgehead atoms. The Bertz CT molecular complexity index is 760. The molecule has 6 nitrogen and oxygen atoms in total. The molecule has 2 aromatic rings. The van der Waals surface area contributed by atoms with Gasteiger partial charge in [-0.3, -0.25) is 14.2 Å². The predicted molar refractivity (Wildman–Crippen MR) is 98.9 cm³/mol. The van der Waals surface area contributed by atoms with Crippen molar-refractivity contribution in [2.45, 2.75) is 32.0 Å². The maximum Gasteiger partial charge on any atom is 0.257 e. The van der Waals surface area contributed by atoms with Crippen LogP contribution in [-0.4, -0.2) is 32.9 Å². The van der Waals surface area contributed by atoms with E-state index in [4.69, 9.17) is 0 Å². The zero-order valence-electron chi connectivity index (χ0n) is 14.4. The van der Waals surface area contributed by atoms with Gasteiger partial charge in [-0.1, -0.05) is 55.9 Å². The SMILES string of the molecule is CC(C)Cn1c(SCC(=O)NCCc2ccccc2)nc(O)cc1=O. The molecule has 1 aromatic carbocycles. The van der Waals surface area contributed by atoms with Gasteiger partial charge in [-0.25, -0.2) is 0 Å². The van der Waals surface area contributed by atoms with Crippen molar-refractivity contribution in [3.8, 4) is 5.88 Å². The monoisotopic (exact) mass is 361 g/mol. The Morgan fingerprint density at radius 2 is 2.04 bits per heavy atom. The predicted octanol–water partition coefficient (Wildman–Crippen LogP) is 2.06. The molecule has 0 saturated heterocycles. The number of hydrogen-bond donors (Lipinski definition) is 2. The Labute approximate surface area is 151 Å². The van der Waals surface area contributed by atoms with Crippen molar-refractivity contribution in [1.82, 2.24) is 14.9 Å². The number of rotatable bonds is 8. The molecule has 1 heterocycles. The number of hydrogen-bond acceptors (Lipinski definition) is 5. The van der Waals surface area contributed by atoms with Crippen molar-refractivity contribution in [2.75, 3.05) is 12.3 Å². The van der Waals surface area contributed by atoms with Crippen LogP contribution in [0.5, 0.6) is 5.88 Å². The van der Waals surface area contributed by atoms with Crippen LogP contribution in [-0.2, 0) is 17.8 Å². The van der Waals surface area contributed by atoms with Crippen molar-refractivity contribution >= 4 is 17.7 Å². The van der Waals surface area contributed by atoms with Crippen LogP contribution in [0.3, 0.4) is 0 Å². The van der Waals surface area contributed by atoms with E-state index < -0.39 is 0 Å². The zero-order valence-corrected chi connectivity index (χ0v) is 15.3. The Morgan fingerprint density at radius 3 is 2.72 bits per heavy atom. The van der Waals surface area contributed by atoms with Gasteiger partial charge in [0.2, 0.25) is 11.8 Å². The summed E-state index contributed by atoms with van der Waals surface area (Å²) in [4.78, 5) is 28.0. The number of amides is 1. The second-order valence-electron chi connectivity index (χ2n) is 6.11. The first-order valence-electron chi connectivity index (χ1n) is 8.20. The molecule has 0 fully saturated rings. The molecule has 0 aliphatic rings. The second-order valence-corrected chi connectivity index (χ2v) is 7.06. The molecule has 2 rings (SSSR count). The van der Waals surface area contributed by atoms with Gasteiger partial charge in [-0.2, -0.15) is 4.98 Å². The van der Waals surface area contributed by atoms with Crippen LogP contribution < -0.4 is 10.9 Å². The number of nitrogens with zero attached hydrogens (tertiary/aromatic N) is 2. The number of aromatic nitrogens is 2. The maximum absolute atomic E-state index is 12.0. The Hall–Kier alpha value is -2.28. The van der Waals surface area contributed by atoms with Crippen LogP contribution in [0.4, 0.5) is 0 Å². The minimum absolute atomic E-state index is 0.130. The Balaban J connectivity index is 1.89. The molecule has 1 aromatic heterocycles. The van der Waals surface area contributed by atoms with Crippen LogP contribution in [0.15, 0.2) is 46.3 Å². The molecule has 134 valence electrons. The van der Waals surface area contributed by atoms with Gasteiger partial charge < -0.3 is 10.4 Å². The summed E-state index contributed by atoms with van der Waals surface area (Å²) in [6, 6.07) is 11.0. The summed E-state index contributed by atoms with van der Waals surface area (Å²) in [6.07, 6.45) is 0.764. The standard InChI is InChI=1S/C18H23N3O3S/c1-13(2)11-21-17(24)10-15(22)20-18(21)25-12-16(23)19-9-8-14-6-4-3-5-7-14/h3-7,10,13,22H,8-9,11-12H2,1-2H3,(H,19,23). The lowest BCUT2D eigenvalue weighted by atomic mass is 10.1. The van der Waals surface area contributed by atoms with E-state index in [0.717, 1.165) is 29.8 Å². The third-order valence-electron chi connectivity index (χ3n) is 3.42. The smallest absolute Gasteiger partial charge is 0.257 e. The number of carbonyl (C=O) groups excluding carboxylic acids is 1. The largest absolute Gasteiger partial charge is 0.493 e. The number of nitrogens with one attached hydrogen (secondary N) is 1. The van der Waals surface area contributed by atoms with E-state index >= 15 is 0 Å². The molecule has 7 heteroatoms. The average molecular weight is 361 g/mol. The highest BCUT2D eigenvalue weighted by atomic mass is 32.2. The summed E-state index contributed by atoms with van der Waals surface area (Å²) < 4.78 is 1.49. The average Bonchev–Trinajstić information content (AvgIpc) is 2.56. The van der Waals surface area contributed by atoms with Gasteiger partial charge in [-0.05, 0) is 17.9 Å². The van der Waals surface area contributed by atoms with E-state index in [1.807, 2.05) is 44.2 Å². The van der Waals surface area contributed by atoms with Gasteiger partial charge in [0.15, 0.2) is 5.16 Å². The highest BCUT2D eigenvalue weighted by molar-refractivity contribution is 7.99. The number of aromatic hydroxyl groups is 1. The van der Waals surface area contributed by atoms with Crippen LogP contribution in [0.2, 0.25) is 0 Å².